The number of likely N-dealkylation sites (tertiary alicyclic amines) is 1. The zero-order valence-electron chi connectivity index (χ0n) is 19.8. The lowest BCUT2D eigenvalue weighted by atomic mass is 9.95. The highest BCUT2D eigenvalue weighted by Gasteiger charge is 2.46. The van der Waals surface area contributed by atoms with E-state index in [9.17, 15) is 23.1 Å². The van der Waals surface area contributed by atoms with Gasteiger partial charge in [-0.25, -0.2) is 12.7 Å². The van der Waals surface area contributed by atoms with E-state index in [1.165, 1.54) is 43.3 Å². The minimum Gasteiger partial charge on any atom is -0.507 e. The van der Waals surface area contributed by atoms with Crippen LogP contribution >= 0.6 is 23.2 Å². The lowest BCUT2D eigenvalue weighted by Gasteiger charge is -2.26. The fourth-order valence-electron chi connectivity index (χ4n) is 3.85. The molecule has 0 aromatic heterocycles. The van der Waals surface area contributed by atoms with Crippen LogP contribution in [0.4, 0.5) is 0 Å². The van der Waals surface area contributed by atoms with Gasteiger partial charge < -0.3 is 14.9 Å². The minimum atomic E-state index is -3.67. The van der Waals surface area contributed by atoms with Gasteiger partial charge in [0.05, 0.1) is 26.6 Å². The first-order chi connectivity index (χ1) is 16.4. The molecule has 1 unspecified atom stereocenters. The van der Waals surface area contributed by atoms with Gasteiger partial charge in [-0.2, -0.15) is 0 Å². The molecule has 1 N–H and O–H groups in total. The van der Waals surface area contributed by atoms with Crippen molar-refractivity contribution >= 4 is 50.7 Å². The first kappa shape index (κ1) is 27.2. The molecule has 1 amide bonds. The van der Waals surface area contributed by atoms with Gasteiger partial charge >= 0.3 is 0 Å². The Hall–Kier alpha value is -2.43. The zero-order chi connectivity index (χ0) is 26.1. The van der Waals surface area contributed by atoms with Crippen molar-refractivity contribution in [3.05, 3.63) is 69.2 Å². The second kappa shape index (κ2) is 10.7. The number of carbonyl (C=O) groups is 2. The van der Waals surface area contributed by atoms with Crippen LogP contribution in [0.15, 0.2) is 52.9 Å². The van der Waals surface area contributed by atoms with E-state index in [0.717, 1.165) is 4.31 Å². The van der Waals surface area contributed by atoms with Crippen molar-refractivity contribution in [2.24, 2.45) is 0 Å². The molecule has 1 aliphatic rings. The van der Waals surface area contributed by atoms with Crippen LogP contribution in [-0.4, -0.2) is 80.6 Å². The van der Waals surface area contributed by atoms with Crippen LogP contribution in [0.5, 0.6) is 0 Å². The minimum absolute atomic E-state index is 0.0317. The number of carbonyl (C=O) groups excluding carboxylic acids is 2. The Balaban J connectivity index is 2.11. The smallest absolute Gasteiger partial charge is 0.295 e. The van der Waals surface area contributed by atoms with E-state index in [2.05, 4.69) is 0 Å². The third kappa shape index (κ3) is 5.54. The van der Waals surface area contributed by atoms with Crippen LogP contribution in [0, 0.1) is 0 Å². The first-order valence-electron chi connectivity index (χ1n) is 10.8. The van der Waals surface area contributed by atoms with Gasteiger partial charge in [0.15, 0.2) is 0 Å². The number of ketones is 1. The highest BCUT2D eigenvalue weighted by Crippen LogP contribution is 2.41. The maximum absolute atomic E-state index is 13.1. The summed E-state index contributed by atoms with van der Waals surface area (Å²) >= 11 is 12.3. The Bertz CT molecular complexity index is 1270. The van der Waals surface area contributed by atoms with Gasteiger partial charge in [0.1, 0.15) is 5.76 Å². The summed E-state index contributed by atoms with van der Waals surface area (Å²) < 4.78 is 25.8. The number of halogens is 2. The number of hydrogen-bond acceptors (Lipinski definition) is 6. The summed E-state index contributed by atoms with van der Waals surface area (Å²) in [4.78, 5) is 29.5. The van der Waals surface area contributed by atoms with E-state index >= 15 is 0 Å². The van der Waals surface area contributed by atoms with Crippen LogP contribution in [0.2, 0.25) is 10.0 Å². The number of rotatable bonds is 8. The second-order valence-electron chi connectivity index (χ2n) is 8.63. The van der Waals surface area contributed by atoms with Gasteiger partial charge in [0.25, 0.3) is 11.7 Å². The van der Waals surface area contributed by atoms with Gasteiger partial charge in [-0.15, -0.1) is 0 Å². The number of aliphatic hydroxyl groups is 1. The summed E-state index contributed by atoms with van der Waals surface area (Å²) in [5, 5.41) is 11.7. The quantitative estimate of drug-likeness (QED) is 0.312. The van der Waals surface area contributed by atoms with Crippen molar-refractivity contribution < 1.29 is 23.1 Å². The molecular weight excluding hydrogens is 513 g/mol. The van der Waals surface area contributed by atoms with E-state index in [0.29, 0.717) is 23.6 Å². The number of Topliss-reactive ketones (excluding diaryl/α,β-unsaturated/α-hetero) is 1. The van der Waals surface area contributed by atoms with E-state index in [1.54, 1.807) is 18.2 Å². The van der Waals surface area contributed by atoms with E-state index in [1.807, 2.05) is 19.0 Å². The monoisotopic (exact) mass is 539 g/mol. The molecule has 1 fully saturated rings. The fourth-order valence-corrected chi connectivity index (χ4v) is 5.06. The van der Waals surface area contributed by atoms with Gasteiger partial charge in [0.2, 0.25) is 10.0 Å². The molecule has 1 atom stereocenters. The standard InChI is InChI=1S/C24H27Cl2N3O5S/c1-27(2)12-5-13-29-21(16-8-11-18(25)19(26)14-16)20(23(31)24(29)32)22(30)15-6-9-17(10-7-15)35(33,34)28(3)4/h6-11,14,21,30H,5,12-13H2,1-4H3. The first-order valence-corrected chi connectivity index (χ1v) is 13.0. The molecule has 1 saturated heterocycles. The van der Waals surface area contributed by atoms with Crippen LogP contribution in [0.25, 0.3) is 5.76 Å². The maximum atomic E-state index is 13.1. The summed E-state index contributed by atoms with van der Waals surface area (Å²) in [5.74, 6) is -1.95. The second-order valence-corrected chi connectivity index (χ2v) is 11.6. The molecule has 0 saturated carbocycles. The molecule has 0 radical (unpaired) electrons. The van der Waals surface area contributed by atoms with Crippen molar-refractivity contribution in [3.8, 4) is 0 Å². The number of amides is 1. The number of sulfonamides is 1. The molecule has 1 aliphatic heterocycles. The van der Waals surface area contributed by atoms with E-state index in [4.69, 9.17) is 23.2 Å². The van der Waals surface area contributed by atoms with Crippen molar-refractivity contribution in [1.29, 1.82) is 0 Å². The average Bonchev–Trinajstić information content (AvgIpc) is 3.05. The molecule has 8 nitrogen and oxygen atoms in total. The maximum Gasteiger partial charge on any atom is 0.295 e. The molecular formula is C24H27Cl2N3O5S. The molecule has 11 heteroatoms. The molecule has 0 aliphatic carbocycles. The van der Waals surface area contributed by atoms with Crippen LogP contribution in [0.1, 0.15) is 23.6 Å². The number of nitrogens with zero attached hydrogens (tertiary/aromatic N) is 3. The molecule has 3 rings (SSSR count). The molecule has 1 heterocycles. The summed E-state index contributed by atoms with van der Waals surface area (Å²) in [6, 6.07) is 9.39. The lowest BCUT2D eigenvalue weighted by Crippen LogP contribution is -2.32. The summed E-state index contributed by atoms with van der Waals surface area (Å²) in [7, 11) is 2.97. The van der Waals surface area contributed by atoms with Gasteiger partial charge in [-0.05, 0) is 69.0 Å². The van der Waals surface area contributed by atoms with Crippen LogP contribution in [-0.2, 0) is 19.6 Å². The Morgan fingerprint density at radius 2 is 1.63 bits per heavy atom. The zero-order valence-corrected chi connectivity index (χ0v) is 22.2. The number of benzene rings is 2. The van der Waals surface area contributed by atoms with Crippen LogP contribution in [0.3, 0.4) is 0 Å². The third-order valence-electron chi connectivity index (χ3n) is 5.71. The number of hydrogen-bond donors (Lipinski definition) is 1. The summed E-state index contributed by atoms with van der Waals surface area (Å²) in [6.07, 6.45) is 0.606. The highest BCUT2D eigenvalue weighted by atomic mass is 35.5. The SMILES string of the molecule is CN(C)CCCN1C(=O)C(=O)C(=C(O)c2ccc(S(=O)(=O)N(C)C)cc2)C1c1ccc(Cl)c(Cl)c1. The molecule has 0 bridgehead atoms. The Labute approximate surface area is 215 Å². The fraction of sp³-hybridized carbons (Fsp3) is 0.333. The van der Waals surface area contributed by atoms with Gasteiger partial charge in [-0.1, -0.05) is 29.3 Å². The molecule has 35 heavy (non-hydrogen) atoms. The number of aliphatic hydroxyl groups excluding tert-OH is 1. The Morgan fingerprint density at radius 3 is 2.17 bits per heavy atom. The Kier molecular flexibility index (Phi) is 8.28. The topological polar surface area (TPSA) is 98.2 Å². The predicted octanol–water partition coefficient (Wildman–Crippen LogP) is 3.62. The predicted molar refractivity (Wildman–Crippen MR) is 136 cm³/mol. The Morgan fingerprint density at radius 1 is 1.00 bits per heavy atom. The molecule has 2 aromatic rings. The molecule has 0 spiro atoms. The van der Waals surface area contributed by atoms with Crippen molar-refractivity contribution in [2.75, 3.05) is 41.3 Å². The van der Waals surface area contributed by atoms with Crippen molar-refractivity contribution in [3.63, 3.8) is 0 Å². The van der Waals surface area contributed by atoms with Gasteiger partial charge in [-0.3, -0.25) is 9.59 Å². The third-order valence-corrected chi connectivity index (χ3v) is 8.28. The van der Waals surface area contributed by atoms with Crippen molar-refractivity contribution in [2.45, 2.75) is 17.4 Å². The lowest BCUT2D eigenvalue weighted by molar-refractivity contribution is -0.139. The summed E-state index contributed by atoms with van der Waals surface area (Å²) in [5.41, 5.74) is 0.636. The van der Waals surface area contributed by atoms with E-state index < -0.39 is 33.5 Å². The van der Waals surface area contributed by atoms with Gasteiger partial charge in [0, 0.05) is 26.2 Å². The van der Waals surface area contributed by atoms with Crippen LogP contribution < -0.4 is 0 Å². The largest absolute Gasteiger partial charge is 0.507 e. The normalized spacial score (nSPS) is 18.2. The highest BCUT2D eigenvalue weighted by molar-refractivity contribution is 7.89. The molecule has 188 valence electrons. The van der Waals surface area contributed by atoms with Crippen molar-refractivity contribution in [1.82, 2.24) is 14.1 Å². The molecule has 2 aromatic carbocycles. The average molecular weight is 540 g/mol. The van der Waals surface area contributed by atoms with E-state index in [-0.39, 0.29) is 27.6 Å². The summed E-state index contributed by atoms with van der Waals surface area (Å²) in [6.45, 7) is 0.976.